The van der Waals surface area contributed by atoms with Crippen LogP contribution in [0.4, 0.5) is 0 Å². The normalized spacial score (nSPS) is 12.1. The number of hydrogen-bond acceptors (Lipinski definition) is 2. The summed E-state index contributed by atoms with van der Waals surface area (Å²) in [7, 11) is 0. The summed E-state index contributed by atoms with van der Waals surface area (Å²) in [6, 6.07) is 3.50. The van der Waals surface area contributed by atoms with Crippen molar-refractivity contribution in [1.82, 2.24) is 4.57 Å². The van der Waals surface area contributed by atoms with Gasteiger partial charge in [-0.2, -0.15) is 0 Å². The van der Waals surface area contributed by atoms with E-state index in [0.717, 1.165) is 6.42 Å². The molecule has 16 heavy (non-hydrogen) atoms. The zero-order chi connectivity index (χ0) is 12.3. The first-order chi connectivity index (χ1) is 7.32. The van der Waals surface area contributed by atoms with Crippen LogP contribution < -0.4 is 5.56 Å². The van der Waals surface area contributed by atoms with Crippen molar-refractivity contribution in [2.75, 3.05) is 0 Å². The van der Waals surface area contributed by atoms with Gasteiger partial charge in [-0.1, -0.05) is 13.8 Å². The first-order valence-electron chi connectivity index (χ1n) is 5.74. The van der Waals surface area contributed by atoms with E-state index in [-0.39, 0.29) is 5.56 Å². The molecule has 0 atom stereocenters. The molecule has 0 aliphatic heterocycles. The molecule has 0 bridgehead atoms. The monoisotopic (exact) mass is 223 g/mol. The van der Waals surface area contributed by atoms with Crippen LogP contribution in [0.25, 0.3) is 0 Å². The number of hydrogen-bond donors (Lipinski definition) is 1. The van der Waals surface area contributed by atoms with E-state index >= 15 is 0 Å². The van der Waals surface area contributed by atoms with Crippen LogP contribution in [0.5, 0.6) is 0 Å². The fourth-order valence-electron chi connectivity index (χ4n) is 1.58. The first-order valence-corrected chi connectivity index (χ1v) is 5.74. The number of aromatic nitrogens is 1. The van der Waals surface area contributed by atoms with Gasteiger partial charge in [0.2, 0.25) is 0 Å². The number of rotatable bonds is 4. The largest absolute Gasteiger partial charge is 0.386 e. The van der Waals surface area contributed by atoms with Crippen molar-refractivity contribution in [2.45, 2.75) is 46.3 Å². The number of pyridine rings is 1. The van der Waals surface area contributed by atoms with Gasteiger partial charge in [0.15, 0.2) is 0 Å². The van der Waals surface area contributed by atoms with Crippen molar-refractivity contribution in [3.63, 3.8) is 0 Å². The van der Waals surface area contributed by atoms with E-state index in [0.29, 0.717) is 18.0 Å². The Hall–Kier alpha value is -1.09. The molecule has 1 aromatic rings. The predicted octanol–water partition coefficient (Wildman–Crippen LogP) is 2.12. The molecule has 0 spiro atoms. The van der Waals surface area contributed by atoms with E-state index in [1.165, 1.54) is 0 Å². The molecule has 1 rings (SSSR count). The molecular formula is C13H21NO2. The summed E-state index contributed by atoms with van der Waals surface area (Å²) in [5.41, 5.74) is -0.702. The quantitative estimate of drug-likeness (QED) is 0.849. The molecule has 1 aromatic heterocycles. The molecule has 0 aliphatic rings. The Morgan fingerprint density at radius 1 is 1.44 bits per heavy atom. The minimum absolute atomic E-state index is 0.0874. The third kappa shape index (κ3) is 3.20. The maximum absolute atomic E-state index is 12.0. The Bertz CT molecular complexity index is 399. The van der Waals surface area contributed by atoms with Crippen LogP contribution in [0.3, 0.4) is 0 Å². The minimum atomic E-state index is -1.07. The van der Waals surface area contributed by atoms with Crippen LogP contribution in [0.15, 0.2) is 23.1 Å². The van der Waals surface area contributed by atoms with E-state index in [4.69, 9.17) is 0 Å². The zero-order valence-corrected chi connectivity index (χ0v) is 10.5. The molecule has 0 aromatic carbocycles. The molecular weight excluding hydrogens is 202 g/mol. The molecule has 0 unspecified atom stereocenters. The average molecular weight is 223 g/mol. The van der Waals surface area contributed by atoms with E-state index in [2.05, 4.69) is 13.8 Å². The Morgan fingerprint density at radius 2 is 2.06 bits per heavy atom. The second-order valence-corrected chi connectivity index (χ2v) is 5.16. The van der Waals surface area contributed by atoms with Crippen LogP contribution >= 0.6 is 0 Å². The van der Waals surface area contributed by atoms with Gasteiger partial charge in [-0.3, -0.25) is 4.79 Å². The summed E-state index contributed by atoms with van der Waals surface area (Å²) >= 11 is 0. The molecule has 0 aliphatic carbocycles. The Morgan fingerprint density at radius 3 is 2.56 bits per heavy atom. The van der Waals surface area contributed by atoms with Gasteiger partial charge in [-0.05, 0) is 38.3 Å². The van der Waals surface area contributed by atoms with Gasteiger partial charge in [0.1, 0.15) is 0 Å². The highest BCUT2D eigenvalue weighted by molar-refractivity contribution is 5.16. The lowest BCUT2D eigenvalue weighted by Crippen LogP contribution is -2.31. The Kier molecular flexibility index (Phi) is 3.92. The molecule has 1 heterocycles. The standard InChI is InChI=1S/C13H21NO2/c1-10(2)7-9-14-8-5-6-11(12(14)15)13(3,4)16/h5-6,8,10,16H,7,9H2,1-4H3. The minimum Gasteiger partial charge on any atom is -0.386 e. The van der Waals surface area contributed by atoms with E-state index in [1.54, 1.807) is 30.7 Å². The van der Waals surface area contributed by atoms with Gasteiger partial charge in [-0.25, -0.2) is 0 Å². The molecule has 0 saturated carbocycles. The number of aryl methyl sites for hydroxylation is 1. The van der Waals surface area contributed by atoms with Gasteiger partial charge < -0.3 is 9.67 Å². The van der Waals surface area contributed by atoms with Gasteiger partial charge >= 0.3 is 0 Å². The van der Waals surface area contributed by atoms with Crippen LogP contribution in [0.1, 0.15) is 39.7 Å². The third-order valence-electron chi connectivity index (χ3n) is 2.63. The molecule has 1 N–H and O–H groups in total. The topological polar surface area (TPSA) is 42.2 Å². The van der Waals surface area contributed by atoms with Crippen LogP contribution in [0, 0.1) is 5.92 Å². The van der Waals surface area contributed by atoms with Gasteiger partial charge in [-0.15, -0.1) is 0 Å². The lowest BCUT2D eigenvalue weighted by atomic mass is 10.0. The highest BCUT2D eigenvalue weighted by Gasteiger charge is 2.20. The zero-order valence-electron chi connectivity index (χ0n) is 10.5. The lowest BCUT2D eigenvalue weighted by Gasteiger charge is -2.18. The molecule has 90 valence electrons. The summed E-state index contributed by atoms with van der Waals surface area (Å²) in [6.45, 7) is 8.24. The fourth-order valence-corrected chi connectivity index (χ4v) is 1.58. The van der Waals surface area contributed by atoms with Gasteiger partial charge in [0, 0.05) is 18.3 Å². The Labute approximate surface area is 96.7 Å². The molecule has 0 saturated heterocycles. The number of aliphatic hydroxyl groups is 1. The van der Waals surface area contributed by atoms with Crippen molar-refractivity contribution in [3.05, 3.63) is 34.2 Å². The third-order valence-corrected chi connectivity index (χ3v) is 2.63. The maximum atomic E-state index is 12.0. The van der Waals surface area contributed by atoms with Crippen LogP contribution in [-0.4, -0.2) is 9.67 Å². The smallest absolute Gasteiger partial charge is 0.256 e. The fraction of sp³-hybridized carbons (Fsp3) is 0.615. The van der Waals surface area contributed by atoms with Gasteiger partial charge in [0.25, 0.3) is 5.56 Å². The van der Waals surface area contributed by atoms with Crippen molar-refractivity contribution in [1.29, 1.82) is 0 Å². The summed E-state index contributed by atoms with van der Waals surface area (Å²) < 4.78 is 1.67. The van der Waals surface area contributed by atoms with Crippen molar-refractivity contribution in [3.8, 4) is 0 Å². The first kappa shape index (κ1) is 13.0. The highest BCUT2D eigenvalue weighted by Crippen LogP contribution is 2.15. The molecule has 0 radical (unpaired) electrons. The number of nitrogens with zero attached hydrogens (tertiary/aromatic N) is 1. The van der Waals surface area contributed by atoms with Crippen molar-refractivity contribution >= 4 is 0 Å². The summed E-state index contributed by atoms with van der Waals surface area (Å²) in [5.74, 6) is 0.567. The maximum Gasteiger partial charge on any atom is 0.256 e. The van der Waals surface area contributed by atoms with Crippen LogP contribution in [0.2, 0.25) is 0 Å². The Balaban J connectivity index is 3.01. The highest BCUT2D eigenvalue weighted by atomic mass is 16.3. The van der Waals surface area contributed by atoms with E-state index < -0.39 is 5.60 Å². The summed E-state index contributed by atoms with van der Waals surface area (Å²) in [4.78, 5) is 12.0. The van der Waals surface area contributed by atoms with Crippen molar-refractivity contribution < 1.29 is 5.11 Å². The summed E-state index contributed by atoms with van der Waals surface area (Å²) in [6.07, 6.45) is 2.75. The lowest BCUT2D eigenvalue weighted by molar-refractivity contribution is 0.0764. The molecule has 0 amide bonds. The SMILES string of the molecule is CC(C)CCn1cccc(C(C)(C)O)c1=O. The molecule has 3 nitrogen and oxygen atoms in total. The van der Waals surface area contributed by atoms with Crippen LogP contribution in [-0.2, 0) is 12.1 Å². The molecule has 3 heteroatoms. The second-order valence-electron chi connectivity index (χ2n) is 5.16. The van der Waals surface area contributed by atoms with Gasteiger partial charge in [0.05, 0.1) is 5.60 Å². The van der Waals surface area contributed by atoms with E-state index in [1.807, 2.05) is 6.07 Å². The van der Waals surface area contributed by atoms with Crippen molar-refractivity contribution in [2.24, 2.45) is 5.92 Å². The predicted molar refractivity (Wildman–Crippen MR) is 65.4 cm³/mol. The molecule has 0 fully saturated rings. The van der Waals surface area contributed by atoms with E-state index in [9.17, 15) is 9.90 Å². The summed E-state index contributed by atoms with van der Waals surface area (Å²) in [5, 5.41) is 9.86. The second kappa shape index (κ2) is 4.83. The average Bonchev–Trinajstić information content (AvgIpc) is 2.14.